The second-order valence-corrected chi connectivity index (χ2v) is 5.60. The van der Waals surface area contributed by atoms with Gasteiger partial charge in [0.1, 0.15) is 0 Å². The molecular formula is C15H23ClN2. The van der Waals surface area contributed by atoms with Gasteiger partial charge in [0.05, 0.1) is 0 Å². The number of hydrazine groups is 1. The van der Waals surface area contributed by atoms with Crippen molar-refractivity contribution in [2.24, 2.45) is 5.84 Å². The van der Waals surface area contributed by atoms with E-state index in [4.69, 9.17) is 17.4 Å². The molecule has 2 rings (SSSR count). The van der Waals surface area contributed by atoms with Crippen LogP contribution in [-0.4, -0.2) is 11.9 Å². The molecule has 0 aromatic heterocycles. The Bertz CT molecular complexity index is 367. The van der Waals surface area contributed by atoms with E-state index >= 15 is 0 Å². The Balaban J connectivity index is 2.01. The summed E-state index contributed by atoms with van der Waals surface area (Å²) in [5.74, 6) is 7.04. The summed E-state index contributed by atoms with van der Waals surface area (Å²) in [6.45, 7) is 0. The van der Waals surface area contributed by atoms with Crippen molar-refractivity contribution in [1.29, 1.82) is 0 Å². The van der Waals surface area contributed by atoms with Crippen LogP contribution in [-0.2, 0) is 6.42 Å². The summed E-state index contributed by atoms with van der Waals surface area (Å²) in [6.07, 6.45) is 7.05. The zero-order chi connectivity index (χ0) is 12.8. The largest absolute Gasteiger partial charge is 0.271 e. The van der Waals surface area contributed by atoms with Gasteiger partial charge in [0.2, 0.25) is 0 Å². The highest BCUT2D eigenvalue weighted by Gasteiger charge is 2.22. The highest BCUT2D eigenvalue weighted by molar-refractivity contribution is 6.17. The third-order valence-electron chi connectivity index (χ3n) is 3.98. The van der Waals surface area contributed by atoms with Gasteiger partial charge in [0, 0.05) is 11.9 Å². The third-order valence-corrected chi connectivity index (χ3v) is 4.25. The minimum Gasteiger partial charge on any atom is -0.271 e. The SMILES string of the molecule is NNC(CCCCl)CC1CCCc2ccccc21. The van der Waals surface area contributed by atoms with Gasteiger partial charge in [-0.3, -0.25) is 11.3 Å². The van der Waals surface area contributed by atoms with E-state index in [9.17, 15) is 0 Å². The zero-order valence-corrected chi connectivity index (χ0v) is 11.6. The molecular weight excluding hydrogens is 244 g/mol. The fourth-order valence-corrected chi connectivity index (χ4v) is 3.19. The maximum absolute atomic E-state index is 5.76. The van der Waals surface area contributed by atoms with Crippen molar-refractivity contribution in [3.05, 3.63) is 35.4 Å². The lowest BCUT2D eigenvalue weighted by molar-refractivity contribution is 0.396. The Morgan fingerprint density at radius 3 is 3.00 bits per heavy atom. The Morgan fingerprint density at radius 2 is 2.22 bits per heavy atom. The lowest BCUT2D eigenvalue weighted by Gasteiger charge is -2.28. The number of nitrogens with one attached hydrogen (secondary N) is 1. The van der Waals surface area contributed by atoms with Gasteiger partial charge in [0.15, 0.2) is 0 Å². The monoisotopic (exact) mass is 266 g/mol. The van der Waals surface area contributed by atoms with Crippen LogP contribution in [0.1, 0.15) is 49.1 Å². The molecule has 1 aromatic rings. The van der Waals surface area contributed by atoms with E-state index in [-0.39, 0.29) is 0 Å². The van der Waals surface area contributed by atoms with E-state index in [0.717, 1.165) is 25.1 Å². The average molecular weight is 267 g/mol. The van der Waals surface area contributed by atoms with Crippen molar-refractivity contribution in [3.8, 4) is 0 Å². The number of hydrogen-bond acceptors (Lipinski definition) is 2. The van der Waals surface area contributed by atoms with Crippen LogP contribution >= 0.6 is 11.6 Å². The van der Waals surface area contributed by atoms with Gasteiger partial charge >= 0.3 is 0 Å². The van der Waals surface area contributed by atoms with Crippen LogP contribution in [0.4, 0.5) is 0 Å². The van der Waals surface area contributed by atoms with Gasteiger partial charge in [0.25, 0.3) is 0 Å². The van der Waals surface area contributed by atoms with E-state index in [1.165, 1.54) is 30.4 Å². The molecule has 0 radical (unpaired) electrons. The molecule has 18 heavy (non-hydrogen) atoms. The second kappa shape index (κ2) is 7.13. The molecule has 2 unspecified atom stereocenters. The summed E-state index contributed by atoms with van der Waals surface area (Å²) in [6, 6.07) is 9.24. The Morgan fingerprint density at radius 1 is 1.39 bits per heavy atom. The molecule has 0 amide bonds. The first-order chi connectivity index (χ1) is 8.85. The quantitative estimate of drug-likeness (QED) is 0.471. The van der Waals surface area contributed by atoms with Crippen LogP contribution in [0.5, 0.6) is 0 Å². The number of halogens is 1. The lowest BCUT2D eigenvalue weighted by atomic mass is 9.79. The Labute approximate surface area is 115 Å². The average Bonchev–Trinajstić information content (AvgIpc) is 2.43. The molecule has 0 saturated heterocycles. The summed E-state index contributed by atoms with van der Waals surface area (Å²) < 4.78 is 0. The zero-order valence-electron chi connectivity index (χ0n) is 10.9. The number of fused-ring (bicyclic) bond motifs is 1. The van der Waals surface area contributed by atoms with E-state index in [1.807, 2.05) is 0 Å². The number of hydrogen-bond donors (Lipinski definition) is 2. The van der Waals surface area contributed by atoms with Crippen LogP contribution in [0.3, 0.4) is 0 Å². The van der Waals surface area contributed by atoms with Crippen molar-refractivity contribution in [2.75, 3.05) is 5.88 Å². The predicted molar refractivity (Wildman–Crippen MR) is 77.8 cm³/mol. The van der Waals surface area contributed by atoms with E-state index in [1.54, 1.807) is 0 Å². The first-order valence-corrected chi connectivity index (χ1v) is 7.48. The fraction of sp³-hybridized carbons (Fsp3) is 0.600. The molecule has 100 valence electrons. The molecule has 0 aliphatic heterocycles. The number of aryl methyl sites for hydroxylation is 1. The lowest BCUT2D eigenvalue weighted by Crippen LogP contribution is -2.36. The maximum atomic E-state index is 5.76. The highest BCUT2D eigenvalue weighted by Crippen LogP contribution is 2.35. The molecule has 1 aliphatic rings. The van der Waals surface area contributed by atoms with Crippen molar-refractivity contribution in [3.63, 3.8) is 0 Å². The van der Waals surface area contributed by atoms with Gasteiger partial charge in [-0.1, -0.05) is 24.3 Å². The summed E-state index contributed by atoms with van der Waals surface area (Å²) in [5.41, 5.74) is 6.02. The van der Waals surface area contributed by atoms with E-state index in [2.05, 4.69) is 29.7 Å². The van der Waals surface area contributed by atoms with Gasteiger partial charge in [-0.25, -0.2) is 0 Å². The van der Waals surface area contributed by atoms with Crippen molar-refractivity contribution in [1.82, 2.24) is 5.43 Å². The molecule has 0 heterocycles. The first kappa shape index (κ1) is 13.9. The van der Waals surface area contributed by atoms with Gasteiger partial charge < -0.3 is 0 Å². The molecule has 0 saturated carbocycles. The van der Waals surface area contributed by atoms with Crippen LogP contribution in [0.15, 0.2) is 24.3 Å². The minimum atomic E-state index is 0.389. The topological polar surface area (TPSA) is 38.0 Å². The minimum absolute atomic E-state index is 0.389. The first-order valence-electron chi connectivity index (χ1n) is 6.95. The normalized spacial score (nSPS) is 20.4. The fourth-order valence-electron chi connectivity index (χ4n) is 3.04. The summed E-state index contributed by atoms with van der Waals surface area (Å²) in [7, 11) is 0. The molecule has 0 spiro atoms. The Kier molecular flexibility index (Phi) is 5.48. The molecule has 0 bridgehead atoms. The molecule has 2 atom stereocenters. The smallest absolute Gasteiger partial charge is 0.0224 e. The molecule has 1 aromatic carbocycles. The maximum Gasteiger partial charge on any atom is 0.0224 e. The van der Waals surface area contributed by atoms with E-state index in [0.29, 0.717) is 12.0 Å². The number of nitrogens with two attached hydrogens (primary N) is 1. The van der Waals surface area contributed by atoms with Gasteiger partial charge in [-0.15, -0.1) is 11.6 Å². The predicted octanol–water partition coefficient (Wildman–Crippen LogP) is 3.35. The molecule has 0 fully saturated rings. The van der Waals surface area contributed by atoms with Crippen molar-refractivity contribution >= 4 is 11.6 Å². The van der Waals surface area contributed by atoms with Crippen molar-refractivity contribution in [2.45, 2.75) is 50.5 Å². The second-order valence-electron chi connectivity index (χ2n) is 5.22. The van der Waals surface area contributed by atoms with Gasteiger partial charge in [-0.05, 0) is 55.6 Å². The Hall–Kier alpha value is -0.570. The molecule has 3 heteroatoms. The highest BCUT2D eigenvalue weighted by atomic mass is 35.5. The molecule has 1 aliphatic carbocycles. The van der Waals surface area contributed by atoms with Crippen LogP contribution in [0.2, 0.25) is 0 Å². The van der Waals surface area contributed by atoms with Crippen LogP contribution in [0, 0.1) is 0 Å². The van der Waals surface area contributed by atoms with E-state index < -0.39 is 0 Å². The number of alkyl halides is 1. The van der Waals surface area contributed by atoms with Crippen molar-refractivity contribution < 1.29 is 0 Å². The summed E-state index contributed by atoms with van der Waals surface area (Å²) in [5, 5.41) is 0. The van der Waals surface area contributed by atoms with Crippen LogP contribution in [0.25, 0.3) is 0 Å². The standard InChI is InChI=1S/C15H23ClN2/c16-10-4-8-14(18-17)11-13-7-3-6-12-5-1-2-9-15(12)13/h1-2,5,9,13-14,18H,3-4,6-8,10-11,17H2. The number of rotatable bonds is 6. The molecule has 3 N–H and O–H groups in total. The van der Waals surface area contributed by atoms with Crippen LogP contribution < -0.4 is 11.3 Å². The summed E-state index contributed by atoms with van der Waals surface area (Å²) >= 11 is 5.76. The number of benzene rings is 1. The summed E-state index contributed by atoms with van der Waals surface area (Å²) in [4.78, 5) is 0. The van der Waals surface area contributed by atoms with Gasteiger partial charge in [-0.2, -0.15) is 0 Å². The third kappa shape index (κ3) is 3.47. The molecule has 2 nitrogen and oxygen atoms in total.